The van der Waals surface area contributed by atoms with Gasteiger partial charge in [-0.15, -0.1) is 17.5 Å². The van der Waals surface area contributed by atoms with Gasteiger partial charge in [0.2, 0.25) is 0 Å². The highest BCUT2D eigenvalue weighted by molar-refractivity contribution is 6.02. The van der Waals surface area contributed by atoms with Crippen LogP contribution in [0.4, 0.5) is 5.69 Å². The van der Waals surface area contributed by atoms with E-state index in [2.05, 4.69) is 20.9 Å². The van der Waals surface area contributed by atoms with Crippen LogP contribution in [-0.2, 0) is 4.74 Å². The van der Waals surface area contributed by atoms with Gasteiger partial charge in [0.05, 0.1) is 18.8 Å². The summed E-state index contributed by atoms with van der Waals surface area (Å²) in [4.78, 5) is 12.4. The molecule has 1 aromatic heterocycles. The van der Waals surface area contributed by atoms with Crippen LogP contribution in [-0.4, -0.2) is 53.8 Å². The summed E-state index contributed by atoms with van der Waals surface area (Å²) in [5.41, 5.74) is 1.04. The van der Waals surface area contributed by atoms with Crippen LogP contribution in [0.25, 0.3) is 0 Å². The highest BCUT2D eigenvalue weighted by Gasteiger charge is 2.19. The normalized spacial score (nSPS) is 18.1. The zero-order valence-corrected chi connectivity index (χ0v) is 17.2. The molecule has 9 heteroatoms. The minimum absolute atomic E-state index is 0. The van der Waals surface area contributed by atoms with Crippen molar-refractivity contribution in [2.45, 2.75) is 31.7 Å². The van der Waals surface area contributed by atoms with E-state index in [1.54, 1.807) is 6.20 Å². The molecule has 1 amide bonds. The van der Waals surface area contributed by atoms with Crippen LogP contribution >= 0.6 is 12.4 Å². The van der Waals surface area contributed by atoms with Gasteiger partial charge in [0.25, 0.3) is 5.91 Å². The monoisotopic (exact) mass is 421 g/mol. The van der Waals surface area contributed by atoms with Gasteiger partial charge in [0, 0.05) is 18.9 Å². The molecule has 3 heterocycles. The number of rotatable bonds is 6. The van der Waals surface area contributed by atoms with Crippen molar-refractivity contribution in [3.05, 3.63) is 36.2 Å². The second-order valence-corrected chi connectivity index (χ2v) is 7.41. The topological polar surface area (TPSA) is 90.3 Å². The summed E-state index contributed by atoms with van der Waals surface area (Å²) in [6.07, 6.45) is 5.83. The van der Waals surface area contributed by atoms with Crippen molar-refractivity contribution in [1.82, 2.24) is 20.3 Å². The average Bonchev–Trinajstić information content (AvgIpc) is 3.25. The molecular formula is C20H28ClN5O3. The standard InChI is InChI=1S/C20H27N5O3.ClH/c26-20(19-13-25(24-23-19)17-5-9-21-10-6-17)22-16-1-3-18(4-2-16)28-14-15-7-11-27-12-8-15;/h1-4,13,15,17,21H,5-12,14H2,(H,22,26);1H. The maximum atomic E-state index is 12.4. The lowest BCUT2D eigenvalue weighted by molar-refractivity contribution is 0.0497. The van der Waals surface area contributed by atoms with Crippen LogP contribution in [0.15, 0.2) is 30.5 Å². The van der Waals surface area contributed by atoms with E-state index in [0.29, 0.717) is 29.9 Å². The van der Waals surface area contributed by atoms with Crippen LogP contribution in [0.2, 0.25) is 0 Å². The minimum atomic E-state index is -0.254. The summed E-state index contributed by atoms with van der Waals surface area (Å²) in [6.45, 7) is 4.28. The molecule has 0 unspecified atom stereocenters. The summed E-state index contributed by atoms with van der Waals surface area (Å²) in [5.74, 6) is 1.10. The van der Waals surface area contributed by atoms with Crippen molar-refractivity contribution in [2.75, 3.05) is 38.2 Å². The van der Waals surface area contributed by atoms with Gasteiger partial charge in [-0.2, -0.15) is 0 Å². The Balaban J connectivity index is 0.00000240. The molecule has 0 aliphatic carbocycles. The smallest absolute Gasteiger partial charge is 0.277 e. The van der Waals surface area contributed by atoms with Crippen molar-refractivity contribution in [1.29, 1.82) is 0 Å². The summed E-state index contributed by atoms with van der Waals surface area (Å²) in [6, 6.07) is 7.74. The Hall–Kier alpha value is -2.16. The zero-order valence-electron chi connectivity index (χ0n) is 16.4. The van der Waals surface area contributed by atoms with E-state index >= 15 is 0 Å². The number of halogens is 1. The number of anilines is 1. The lowest BCUT2D eigenvalue weighted by Crippen LogP contribution is -2.29. The molecule has 1 aromatic carbocycles. The first-order valence-corrected chi connectivity index (χ1v) is 10.0. The molecular weight excluding hydrogens is 394 g/mol. The van der Waals surface area contributed by atoms with Gasteiger partial charge < -0.3 is 20.1 Å². The molecule has 2 fully saturated rings. The zero-order chi connectivity index (χ0) is 19.2. The molecule has 2 N–H and O–H groups in total. The van der Waals surface area contributed by atoms with Crippen molar-refractivity contribution in [3.8, 4) is 5.75 Å². The first-order valence-electron chi connectivity index (χ1n) is 10.0. The molecule has 0 atom stereocenters. The van der Waals surface area contributed by atoms with Crippen molar-refractivity contribution < 1.29 is 14.3 Å². The number of aromatic nitrogens is 3. The van der Waals surface area contributed by atoms with Gasteiger partial charge >= 0.3 is 0 Å². The maximum absolute atomic E-state index is 12.4. The fourth-order valence-corrected chi connectivity index (χ4v) is 3.59. The molecule has 0 saturated carbocycles. The van der Waals surface area contributed by atoms with Crippen molar-refractivity contribution >= 4 is 24.0 Å². The number of hydrogen-bond acceptors (Lipinski definition) is 6. The van der Waals surface area contributed by atoms with E-state index in [1.165, 1.54) is 0 Å². The molecule has 2 aliphatic heterocycles. The van der Waals surface area contributed by atoms with E-state index < -0.39 is 0 Å². The second kappa shape index (κ2) is 10.6. The number of nitrogens with one attached hydrogen (secondary N) is 2. The molecule has 4 rings (SSSR count). The largest absolute Gasteiger partial charge is 0.493 e. The fourth-order valence-electron chi connectivity index (χ4n) is 3.59. The van der Waals surface area contributed by atoms with Gasteiger partial charge in [-0.1, -0.05) is 5.21 Å². The van der Waals surface area contributed by atoms with Crippen LogP contribution in [0.5, 0.6) is 5.75 Å². The number of ether oxygens (including phenoxy) is 2. The van der Waals surface area contributed by atoms with Crippen LogP contribution < -0.4 is 15.4 Å². The number of carbonyl (C=O) groups is 1. The van der Waals surface area contributed by atoms with Gasteiger partial charge in [0.1, 0.15) is 5.75 Å². The van der Waals surface area contributed by atoms with Crippen molar-refractivity contribution in [2.24, 2.45) is 5.92 Å². The van der Waals surface area contributed by atoms with E-state index in [9.17, 15) is 4.79 Å². The Bertz CT molecular complexity index is 771. The third-order valence-corrected chi connectivity index (χ3v) is 5.36. The summed E-state index contributed by atoms with van der Waals surface area (Å²) in [7, 11) is 0. The van der Waals surface area contributed by atoms with Gasteiger partial charge in [-0.25, -0.2) is 4.68 Å². The Morgan fingerprint density at radius 1 is 1.17 bits per heavy atom. The third-order valence-electron chi connectivity index (χ3n) is 5.36. The highest BCUT2D eigenvalue weighted by atomic mass is 35.5. The maximum Gasteiger partial charge on any atom is 0.277 e. The molecule has 2 aliphatic rings. The minimum Gasteiger partial charge on any atom is -0.493 e. The Morgan fingerprint density at radius 3 is 2.62 bits per heavy atom. The molecule has 158 valence electrons. The average molecular weight is 422 g/mol. The molecule has 0 bridgehead atoms. The van der Waals surface area contributed by atoms with E-state index in [-0.39, 0.29) is 18.3 Å². The number of hydrogen-bond donors (Lipinski definition) is 2. The number of nitrogens with zero attached hydrogens (tertiary/aromatic N) is 3. The third kappa shape index (κ3) is 5.91. The van der Waals surface area contributed by atoms with Crippen LogP contribution in [0, 0.1) is 5.92 Å². The Morgan fingerprint density at radius 2 is 1.90 bits per heavy atom. The van der Waals surface area contributed by atoms with E-state index in [0.717, 1.165) is 57.7 Å². The Kier molecular flexibility index (Phi) is 7.85. The predicted molar refractivity (Wildman–Crippen MR) is 112 cm³/mol. The van der Waals surface area contributed by atoms with Crippen molar-refractivity contribution in [3.63, 3.8) is 0 Å². The van der Waals surface area contributed by atoms with Gasteiger partial charge in [-0.3, -0.25) is 4.79 Å². The molecule has 0 spiro atoms. The lowest BCUT2D eigenvalue weighted by Gasteiger charge is -2.22. The summed E-state index contributed by atoms with van der Waals surface area (Å²) >= 11 is 0. The molecule has 2 aromatic rings. The molecule has 8 nitrogen and oxygen atoms in total. The summed E-state index contributed by atoms with van der Waals surface area (Å²) in [5, 5.41) is 14.4. The van der Waals surface area contributed by atoms with Crippen LogP contribution in [0.1, 0.15) is 42.2 Å². The van der Waals surface area contributed by atoms with E-state index in [4.69, 9.17) is 9.47 Å². The van der Waals surface area contributed by atoms with Gasteiger partial charge in [0.15, 0.2) is 5.69 Å². The summed E-state index contributed by atoms with van der Waals surface area (Å²) < 4.78 is 13.0. The Labute approximate surface area is 176 Å². The fraction of sp³-hybridized carbons (Fsp3) is 0.550. The predicted octanol–water partition coefficient (Wildman–Crippen LogP) is 2.68. The number of piperidine rings is 1. The molecule has 2 saturated heterocycles. The molecule has 29 heavy (non-hydrogen) atoms. The first kappa shape index (κ1) is 21.5. The number of benzene rings is 1. The first-order chi connectivity index (χ1) is 13.8. The molecule has 0 radical (unpaired) electrons. The number of amides is 1. The number of carbonyl (C=O) groups excluding carboxylic acids is 1. The highest BCUT2D eigenvalue weighted by Crippen LogP contribution is 2.21. The van der Waals surface area contributed by atoms with E-state index in [1.807, 2.05) is 28.9 Å². The SMILES string of the molecule is Cl.O=C(Nc1ccc(OCC2CCOCC2)cc1)c1cn(C2CCNCC2)nn1. The van der Waals surface area contributed by atoms with Gasteiger partial charge in [-0.05, 0) is 69.0 Å². The quantitative estimate of drug-likeness (QED) is 0.745. The lowest BCUT2D eigenvalue weighted by atomic mass is 10.0. The second-order valence-electron chi connectivity index (χ2n) is 7.41. The van der Waals surface area contributed by atoms with Crippen LogP contribution in [0.3, 0.4) is 0 Å².